The van der Waals surface area contributed by atoms with E-state index in [1.165, 1.54) is 17.6 Å². The van der Waals surface area contributed by atoms with Gasteiger partial charge < -0.3 is 15.0 Å². The lowest BCUT2D eigenvalue weighted by atomic mass is 9.46. The molecule has 2 saturated heterocycles. The summed E-state index contributed by atoms with van der Waals surface area (Å²) in [5, 5.41) is 7.74. The van der Waals surface area contributed by atoms with Crippen molar-refractivity contribution < 1.29 is 9.53 Å². The standard InChI is InChI=1S/C23H34N4O2/c1-15-18-9-17(22(18,2)3)10-20(15)25-21(28)27-13-19(16-11-24-26(4)12-16)23(14-27)5-7-29-8-6-23/h11-12,17-20H,1,5-10,13-14H2,2-4H3,(H,25,28)/t17-,18+,19?,20?/m1/s1. The van der Waals surface area contributed by atoms with Crippen LogP contribution < -0.4 is 5.32 Å². The predicted molar refractivity (Wildman–Crippen MR) is 111 cm³/mol. The van der Waals surface area contributed by atoms with Gasteiger partial charge in [0.25, 0.3) is 0 Å². The number of rotatable bonds is 2. The molecule has 6 rings (SSSR count). The molecule has 1 N–H and O–H groups in total. The molecule has 3 heterocycles. The van der Waals surface area contributed by atoms with Crippen LogP contribution in [0.25, 0.3) is 0 Å². The van der Waals surface area contributed by atoms with E-state index in [0.717, 1.165) is 45.6 Å². The summed E-state index contributed by atoms with van der Waals surface area (Å²) in [6, 6.07) is 0.204. The van der Waals surface area contributed by atoms with Crippen molar-refractivity contribution in [3.63, 3.8) is 0 Å². The minimum absolute atomic E-state index is 0.0764. The Kier molecular flexibility index (Phi) is 4.36. The fourth-order valence-corrected chi connectivity index (χ4v) is 6.60. The second-order valence-corrected chi connectivity index (χ2v) is 10.5. The van der Waals surface area contributed by atoms with Crippen molar-refractivity contribution in [3.05, 3.63) is 30.1 Å². The molecule has 0 radical (unpaired) electrons. The first kappa shape index (κ1) is 19.2. The third-order valence-electron chi connectivity index (χ3n) is 8.73. The first-order valence-corrected chi connectivity index (χ1v) is 11.1. The molecule has 3 saturated carbocycles. The van der Waals surface area contributed by atoms with Crippen LogP contribution in [0, 0.1) is 22.7 Å². The van der Waals surface area contributed by atoms with Gasteiger partial charge in [-0.05, 0) is 48.5 Å². The summed E-state index contributed by atoms with van der Waals surface area (Å²) < 4.78 is 7.53. The molecular formula is C23H34N4O2. The first-order chi connectivity index (χ1) is 13.8. The molecule has 5 fully saturated rings. The van der Waals surface area contributed by atoms with Gasteiger partial charge in [0.2, 0.25) is 0 Å². The van der Waals surface area contributed by atoms with Gasteiger partial charge in [0.1, 0.15) is 0 Å². The fourth-order valence-electron chi connectivity index (χ4n) is 6.60. The highest BCUT2D eigenvalue weighted by Crippen LogP contribution is 2.60. The Labute approximate surface area is 173 Å². The summed E-state index contributed by atoms with van der Waals surface area (Å²) in [5.41, 5.74) is 2.93. The molecule has 2 amide bonds. The number of nitrogens with zero attached hydrogens (tertiary/aromatic N) is 3. The van der Waals surface area contributed by atoms with Crippen LogP contribution >= 0.6 is 0 Å². The molecule has 6 heteroatoms. The van der Waals surface area contributed by atoms with E-state index in [0.29, 0.717) is 23.2 Å². The molecule has 1 aromatic heterocycles. The van der Waals surface area contributed by atoms with Gasteiger partial charge in [-0.3, -0.25) is 4.68 Å². The number of nitrogens with one attached hydrogen (secondary N) is 1. The SMILES string of the molecule is C=C1C(NC(=O)N2CC(c3cnn(C)c3)C3(CCOCC3)C2)C[C@H]2C[C@@H]1C2(C)C. The molecule has 2 bridgehead atoms. The number of amides is 2. The molecule has 158 valence electrons. The Morgan fingerprint density at radius 1 is 1.28 bits per heavy atom. The van der Waals surface area contributed by atoms with E-state index < -0.39 is 0 Å². The fraction of sp³-hybridized carbons (Fsp3) is 0.739. The summed E-state index contributed by atoms with van der Waals surface area (Å²) in [6.45, 7) is 12.2. The molecule has 4 atom stereocenters. The normalized spacial score (nSPS) is 34.9. The van der Waals surface area contributed by atoms with E-state index in [-0.39, 0.29) is 17.5 Å². The van der Waals surface area contributed by atoms with E-state index in [9.17, 15) is 4.79 Å². The summed E-state index contributed by atoms with van der Waals surface area (Å²) in [5.74, 6) is 1.58. The van der Waals surface area contributed by atoms with Crippen molar-refractivity contribution in [2.24, 2.45) is 29.7 Å². The molecule has 0 aromatic carbocycles. The smallest absolute Gasteiger partial charge is 0.317 e. The van der Waals surface area contributed by atoms with Crippen molar-refractivity contribution in [2.75, 3.05) is 26.3 Å². The average molecular weight is 399 g/mol. The number of aromatic nitrogens is 2. The van der Waals surface area contributed by atoms with Gasteiger partial charge in [0.05, 0.1) is 12.2 Å². The van der Waals surface area contributed by atoms with Crippen molar-refractivity contribution in [3.8, 4) is 0 Å². The Bertz CT molecular complexity index is 823. The highest BCUT2D eigenvalue weighted by molar-refractivity contribution is 5.76. The van der Waals surface area contributed by atoms with Crippen molar-refractivity contribution >= 4 is 6.03 Å². The largest absolute Gasteiger partial charge is 0.381 e. The topological polar surface area (TPSA) is 59.4 Å². The zero-order chi connectivity index (χ0) is 20.4. The van der Waals surface area contributed by atoms with Gasteiger partial charge in [0, 0.05) is 50.9 Å². The number of hydrogen-bond donors (Lipinski definition) is 1. The number of fused-ring (bicyclic) bond motifs is 2. The highest BCUT2D eigenvalue weighted by Gasteiger charge is 2.55. The van der Waals surface area contributed by atoms with Crippen molar-refractivity contribution in [1.29, 1.82) is 0 Å². The van der Waals surface area contributed by atoms with E-state index in [1.54, 1.807) is 0 Å². The molecule has 5 aliphatic rings. The van der Waals surface area contributed by atoms with Gasteiger partial charge >= 0.3 is 6.03 Å². The summed E-state index contributed by atoms with van der Waals surface area (Å²) in [7, 11) is 1.96. The molecule has 1 spiro atoms. The van der Waals surface area contributed by atoms with Crippen LogP contribution in [-0.2, 0) is 11.8 Å². The lowest BCUT2D eigenvalue weighted by Crippen LogP contribution is -2.58. The molecule has 29 heavy (non-hydrogen) atoms. The maximum absolute atomic E-state index is 13.3. The number of hydrogen-bond acceptors (Lipinski definition) is 3. The van der Waals surface area contributed by atoms with Crippen LogP contribution in [-0.4, -0.2) is 53.1 Å². The summed E-state index contributed by atoms with van der Waals surface area (Å²) in [4.78, 5) is 15.3. The third kappa shape index (κ3) is 2.94. The summed E-state index contributed by atoms with van der Waals surface area (Å²) >= 11 is 0. The monoisotopic (exact) mass is 398 g/mol. The van der Waals surface area contributed by atoms with E-state index >= 15 is 0 Å². The van der Waals surface area contributed by atoms with Gasteiger partial charge in [-0.15, -0.1) is 0 Å². The van der Waals surface area contributed by atoms with Crippen LogP contribution in [0.2, 0.25) is 0 Å². The van der Waals surface area contributed by atoms with E-state index in [2.05, 4.69) is 37.0 Å². The number of urea groups is 1. The number of carbonyl (C=O) groups is 1. The number of ether oxygens (including phenoxy) is 1. The second kappa shape index (κ2) is 6.59. The van der Waals surface area contributed by atoms with Crippen LogP contribution in [0.1, 0.15) is 51.0 Å². The Hall–Kier alpha value is -1.82. The average Bonchev–Trinajstić information content (AvgIpc) is 3.27. The molecule has 2 aliphatic heterocycles. The Morgan fingerprint density at radius 2 is 2.03 bits per heavy atom. The number of carbonyl (C=O) groups excluding carboxylic acids is 1. The van der Waals surface area contributed by atoms with Crippen LogP contribution in [0.3, 0.4) is 0 Å². The summed E-state index contributed by atoms with van der Waals surface area (Å²) in [6.07, 6.45) is 8.38. The highest BCUT2D eigenvalue weighted by atomic mass is 16.5. The molecule has 3 aliphatic carbocycles. The first-order valence-electron chi connectivity index (χ1n) is 11.1. The minimum atomic E-state index is 0.0764. The maximum atomic E-state index is 13.3. The second-order valence-electron chi connectivity index (χ2n) is 10.5. The maximum Gasteiger partial charge on any atom is 0.317 e. The zero-order valence-corrected chi connectivity index (χ0v) is 18.0. The van der Waals surface area contributed by atoms with Crippen molar-refractivity contribution in [1.82, 2.24) is 20.0 Å². The van der Waals surface area contributed by atoms with E-state index in [4.69, 9.17) is 4.74 Å². The van der Waals surface area contributed by atoms with Gasteiger partial charge in [-0.1, -0.05) is 26.0 Å². The lowest BCUT2D eigenvalue weighted by molar-refractivity contribution is -0.0373. The molecule has 1 aromatic rings. The zero-order valence-electron chi connectivity index (χ0n) is 18.0. The Morgan fingerprint density at radius 3 is 2.66 bits per heavy atom. The molecule has 6 nitrogen and oxygen atoms in total. The van der Waals surface area contributed by atoms with Crippen molar-refractivity contribution in [2.45, 2.75) is 51.5 Å². The van der Waals surface area contributed by atoms with Gasteiger partial charge in [-0.2, -0.15) is 5.10 Å². The quantitative estimate of drug-likeness (QED) is 0.778. The van der Waals surface area contributed by atoms with Crippen LogP contribution in [0.4, 0.5) is 4.79 Å². The Balaban J connectivity index is 1.31. The van der Waals surface area contributed by atoms with E-state index in [1.807, 2.05) is 22.8 Å². The van der Waals surface area contributed by atoms with Gasteiger partial charge in [0.15, 0.2) is 0 Å². The lowest BCUT2D eigenvalue weighted by Gasteiger charge is -2.60. The van der Waals surface area contributed by atoms with Crippen LogP contribution in [0.15, 0.2) is 24.5 Å². The third-order valence-corrected chi connectivity index (χ3v) is 8.73. The number of aryl methyl sites for hydroxylation is 1. The minimum Gasteiger partial charge on any atom is -0.381 e. The molecule has 2 unspecified atom stereocenters. The molecular weight excluding hydrogens is 364 g/mol. The van der Waals surface area contributed by atoms with Gasteiger partial charge in [-0.25, -0.2) is 4.79 Å². The predicted octanol–water partition coefficient (Wildman–Crippen LogP) is 3.32. The van der Waals surface area contributed by atoms with Crippen LogP contribution in [0.5, 0.6) is 0 Å². The number of likely N-dealkylation sites (tertiary alicyclic amines) is 1.